The van der Waals surface area contributed by atoms with Gasteiger partial charge in [0.2, 0.25) is 4.77 Å². The number of nitrogens with zero attached hydrogens (tertiary/aromatic N) is 3. The van der Waals surface area contributed by atoms with Crippen LogP contribution in [0, 0.1) is 4.77 Å². The van der Waals surface area contributed by atoms with Gasteiger partial charge >= 0.3 is 0 Å². The third kappa shape index (κ3) is 3.16. The van der Waals surface area contributed by atoms with E-state index in [0.717, 1.165) is 14.2 Å². The van der Waals surface area contributed by atoms with E-state index in [1.54, 1.807) is 28.3 Å². The third-order valence-corrected chi connectivity index (χ3v) is 4.81. The summed E-state index contributed by atoms with van der Waals surface area (Å²) in [4.78, 5) is 1.01. The molecule has 0 saturated heterocycles. The van der Waals surface area contributed by atoms with Gasteiger partial charge in [-0.3, -0.25) is 0 Å². The van der Waals surface area contributed by atoms with Crippen LogP contribution in [0.2, 0.25) is 5.02 Å². The minimum Gasteiger partial charge on any atom is -0.250 e. The third-order valence-electron chi connectivity index (χ3n) is 2.66. The number of nitrogens with one attached hydrogen (secondary N) is 1. The lowest BCUT2D eigenvalue weighted by Crippen LogP contribution is -1.94. The Labute approximate surface area is 143 Å². The van der Waals surface area contributed by atoms with Gasteiger partial charge in [0.25, 0.3) is 0 Å². The van der Waals surface area contributed by atoms with Crippen molar-refractivity contribution in [1.82, 2.24) is 14.9 Å². The van der Waals surface area contributed by atoms with Crippen molar-refractivity contribution in [3.63, 3.8) is 0 Å². The first-order chi connectivity index (χ1) is 10.1. The van der Waals surface area contributed by atoms with E-state index in [4.69, 9.17) is 23.8 Å². The van der Waals surface area contributed by atoms with Crippen molar-refractivity contribution in [2.24, 2.45) is 5.10 Å². The molecular formula is C13H8BrClN4S2. The second-order valence-corrected chi connectivity index (χ2v) is 7.32. The van der Waals surface area contributed by atoms with Gasteiger partial charge in [-0.05, 0) is 52.4 Å². The minimum absolute atomic E-state index is 0.414. The Morgan fingerprint density at radius 3 is 2.86 bits per heavy atom. The molecule has 3 rings (SSSR count). The normalized spacial score (nSPS) is 11.3. The van der Waals surface area contributed by atoms with E-state index in [1.165, 1.54) is 0 Å². The Kier molecular flexibility index (Phi) is 4.34. The molecule has 0 bridgehead atoms. The van der Waals surface area contributed by atoms with Gasteiger partial charge in [0, 0.05) is 10.4 Å². The standard InChI is InChI=1S/C13H8BrClN4S2/c14-11-6-5-8(21-11)7-16-19-12(17-18-13(19)20)9-3-1-2-4-10(9)15/h1-7H,(H,18,20)/b16-7+. The van der Waals surface area contributed by atoms with Gasteiger partial charge in [-0.1, -0.05) is 23.7 Å². The molecule has 0 aliphatic heterocycles. The highest BCUT2D eigenvalue weighted by Crippen LogP contribution is 2.26. The van der Waals surface area contributed by atoms with Crippen LogP contribution in [-0.2, 0) is 0 Å². The molecule has 1 aromatic carbocycles. The van der Waals surface area contributed by atoms with E-state index in [1.807, 2.05) is 30.3 Å². The number of halogens is 2. The van der Waals surface area contributed by atoms with Crippen molar-refractivity contribution in [2.75, 3.05) is 0 Å². The molecule has 2 aromatic heterocycles. The zero-order chi connectivity index (χ0) is 14.8. The molecule has 0 aliphatic rings. The monoisotopic (exact) mass is 398 g/mol. The molecular weight excluding hydrogens is 392 g/mol. The molecule has 0 unspecified atom stereocenters. The van der Waals surface area contributed by atoms with Crippen LogP contribution in [0.25, 0.3) is 11.4 Å². The SMILES string of the molecule is S=c1[nH]nc(-c2ccccc2Cl)n1/N=C/c1ccc(Br)s1. The van der Waals surface area contributed by atoms with Crippen LogP contribution in [0.3, 0.4) is 0 Å². The number of thiophene rings is 1. The molecule has 0 fully saturated rings. The maximum Gasteiger partial charge on any atom is 0.216 e. The van der Waals surface area contributed by atoms with Crippen LogP contribution < -0.4 is 0 Å². The van der Waals surface area contributed by atoms with Gasteiger partial charge in [0.05, 0.1) is 15.0 Å². The van der Waals surface area contributed by atoms with E-state index >= 15 is 0 Å². The van der Waals surface area contributed by atoms with Crippen molar-refractivity contribution in [3.05, 3.63) is 54.9 Å². The Balaban J connectivity index is 2.04. The predicted octanol–water partition coefficient (Wildman–Crippen LogP) is 4.97. The van der Waals surface area contributed by atoms with Crippen LogP contribution in [0.15, 0.2) is 45.3 Å². The van der Waals surface area contributed by atoms with Crippen molar-refractivity contribution in [3.8, 4) is 11.4 Å². The molecule has 3 aromatic rings. The Morgan fingerprint density at radius 1 is 1.33 bits per heavy atom. The predicted molar refractivity (Wildman–Crippen MR) is 92.9 cm³/mol. The first-order valence-corrected chi connectivity index (χ1v) is 8.27. The van der Waals surface area contributed by atoms with E-state index in [0.29, 0.717) is 15.6 Å². The summed E-state index contributed by atoms with van der Waals surface area (Å²) in [5.74, 6) is 0.581. The van der Waals surface area contributed by atoms with Crippen molar-refractivity contribution < 1.29 is 0 Å². The minimum atomic E-state index is 0.414. The van der Waals surface area contributed by atoms with Gasteiger partial charge in [0.15, 0.2) is 5.82 Å². The average molecular weight is 400 g/mol. The smallest absolute Gasteiger partial charge is 0.216 e. The van der Waals surface area contributed by atoms with Crippen LogP contribution in [-0.4, -0.2) is 21.1 Å². The molecule has 21 heavy (non-hydrogen) atoms. The number of aromatic amines is 1. The Morgan fingerprint density at radius 2 is 2.14 bits per heavy atom. The van der Waals surface area contributed by atoms with Crippen molar-refractivity contribution >= 4 is 57.3 Å². The number of H-pyrrole nitrogens is 1. The van der Waals surface area contributed by atoms with Crippen LogP contribution in [0.5, 0.6) is 0 Å². The molecule has 0 aliphatic carbocycles. The fourth-order valence-corrected chi connectivity index (χ4v) is 3.42. The van der Waals surface area contributed by atoms with E-state index < -0.39 is 0 Å². The van der Waals surface area contributed by atoms with Gasteiger partial charge in [0.1, 0.15) is 0 Å². The maximum absolute atomic E-state index is 6.20. The number of aromatic nitrogens is 3. The Hall–Kier alpha value is -1.28. The lowest BCUT2D eigenvalue weighted by atomic mass is 10.2. The van der Waals surface area contributed by atoms with E-state index in [9.17, 15) is 0 Å². The number of benzene rings is 1. The van der Waals surface area contributed by atoms with Crippen molar-refractivity contribution in [2.45, 2.75) is 0 Å². The molecule has 0 atom stereocenters. The Bertz CT molecular complexity index is 865. The number of hydrogen-bond donors (Lipinski definition) is 1. The molecule has 4 nitrogen and oxygen atoms in total. The van der Waals surface area contributed by atoms with Crippen LogP contribution in [0.4, 0.5) is 0 Å². The zero-order valence-electron chi connectivity index (χ0n) is 10.5. The molecule has 0 amide bonds. The summed E-state index contributed by atoms with van der Waals surface area (Å²) in [5, 5.41) is 11.9. The fourth-order valence-electron chi connectivity index (χ4n) is 1.73. The highest BCUT2D eigenvalue weighted by atomic mass is 79.9. The van der Waals surface area contributed by atoms with Crippen LogP contribution >= 0.6 is 51.1 Å². The quantitative estimate of drug-likeness (QED) is 0.499. The molecule has 8 heteroatoms. The molecule has 2 heterocycles. The second-order valence-electron chi connectivity index (χ2n) is 4.03. The average Bonchev–Trinajstić information content (AvgIpc) is 3.04. The summed E-state index contributed by atoms with van der Waals surface area (Å²) in [6.45, 7) is 0. The molecule has 0 radical (unpaired) electrons. The van der Waals surface area contributed by atoms with E-state index in [-0.39, 0.29) is 0 Å². The van der Waals surface area contributed by atoms with Gasteiger partial charge in [-0.2, -0.15) is 14.9 Å². The summed E-state index contributed by atoms with van der Waals surface area (Å²) < 4.78 is 3.02. The summed E-state index contributed by atoms with van der Waals surface area (Å²) >= 11 is 16.4. The maximum atomic E-state index is 6.20. The largest absolute Gasteiger partial charge is 0.250 e. The van der Waals surface area contributed by atoms with Gasteiger partial charge in [-0.15, -0.1) is 11.3 Å². The first-order valence-electron chi connectivity index (χ1n) is 5.87. The lowest BCUT2D eigenvalue weighted by Gasteiger charge is -2.02. The first kappa shape index (κ1) is 14.6. The molecule has 106 valence electrons. The topological polar surface area (TPSA) is 46.0 Å². The highest BCUT2D eigenvalue weighted by molar-refractivity contribution is 9.11. The number of hydrogen-bond acceptors (Lipinski definition) is 4. The summed E-state index contributed by atoms with van der Waals surface area (Å²) in [5.41, 5.74) is 0.774. The van der Waals surface area contributed by atoms with Crippen LogP contribution in [0.1, 0.15) is 4.88 Å². The summed E-state index contributed by atoms with van der Waals surface area (Å²) in [6.07, 6.45) is 1.74. The highest BCUT2D eigenvalue weighted by Gasteiger charge is 2.11. The van der Waals surface area contributed by atoms with E-state index in [2.05, 4.69) is 31.2 Å². The second kappa shape index (κ2) is 6.23. The summed E-state index contributed by atoms with van der Waals surface area (Å²) in [6, 6.07) is 11.4. The molecule has 0 spiro atoms. The van der Waals surface area contributed by atoms with Gasteiger partial charge < -0.3 is 0 Å². The number of rotatable bonds is 3. The molecule has 0 saturated carbocycles. The zero-order valence-corrected chi connectivity index (χ0v) is 14.4. The van der Waals surface area contributed by atoms with Gasteiger partial charge in [-0.25, -0.2) is 5.10 Å². The molecule has 1 N–H and O–H groups in total. The fraction of sp³-hybridized carbons (Fsp3) is 0. The lowest BCUT2D eigenvalue weighted by molar-refractivity contribution is 0.872. The van der Waals surface area contributed by atoms with Crippen molar-refractivity contribution in [1.29, 1.82) is 0 Å². The summed E-state index contributed by atoms with van der Waals surface area (Å²) in [7, 11) is 0.